The highest BCUT2D eigenvalue weighted by Gasteiger charge is 2.26. The van der Waals surface area contributed by atoms with E-state index in [4.69, 9.17) is 15.3 Å². The van der Waals surface area contributed by atoms with Crippen LogP contribution in [0.3, 0.4) is 0 Å². The number of methoxy groups -OCH3 is 1. The Morgan fingerprint density at radius 2 is 1.66 bits per heavy atom. The average Bonchev–Trinajstić information content (AvgIpc) is 3.33. The van der Waals surface area contributed by atoms with Gasteiger partial charge in [-0.05, 0) is 69.5 Å². The minimum atomic E-state index is -3.93. The number of amides is 1. The molecule has 0 aliphatic carbocycles. The number of sulfonamides is 1. The molecule has 2 aromatic carbocycles. The van der Waals surface area contributed by atoms with Crippen LogP contribution in [0.1, 0.15) is 29.6 Å². The summed E-state index contributed by atoms with van der Waals surface area (Å²) in [5.74, 6) is 0.415. The van der Waals surface area contributed by atoms with Gasteiger partial charge in [-0.25, -0.2) is 13.4 Å². The molecule has 0 atom stereocenters. The molecule has 0 saturated heterocycles. The number of hydrogen-bond donors (Lipinski definition) is 0. The van der Waals surface area contributed by atoms with Crippen LogP contribution in [-0.4, -0.2) is 75.9 Å². The van der Waals surface area contributed by atoms with E-state index in [1.165, 1.54) is 35.6 Å². The molecule has 0 unspecified atom stereocenters. The molecule has 1 amide bonds. The minimum Gasteiger partial charge on any atom is -0.497 e. The number of anilines is 1. The van der Waals surface area contributed by atoms with Crippen molar-refractivity contribution in [3.8, 4) is 17.9 Å². The first-order chi connectivity index (χ1) is 18.2. The van der Waals surface area contributed by atoms with Crippen LogP contribution >= 0.6 is 11.3 Å². The van der Waals surface area contributed by atoms with E-state index in [9.17, 15) is 13.2 Å². The maximum absolute atomic E-state index is 13.6. The molecular formula is C26H30N6O4S2. The Morgan fingerprint density at radius 1 is 1.00 bits per heavy atom. The normalized spacial score (nSPS) is 11.4. The van der Waals surface area contributed by atoms with Crippen molar-refractivity contribution >= 4 is 42.6 Å². The summed E-state index contributed by atoms with van der Waals surface area (Å²) >= 11 is 1.39. The second-order valence-corrected chi connectivity index (χ2v) is 11.6. The number of fused-ring (bicyclic) bond motifs is 1. The van der Waals surface area contributed by atoms with Gasteiger partial charge in [-0.2, -0.15) is 14.8 Å². The van der Waals surface area contributed by atoms with Gasteiger partial charge >= 0.3 is 0 Å². The predicted molar refractivity (Wildman–Crippen MR) is 147 cm³/mol. The molecule has 3 rings (SSSR count). The number of nitriles is 2. The topological polar surface area (TPSA) is 131 Å². The van der Waals surface area contributed by atoms with Crippen LogP contribution < -0.4 is 9.64 Å². The van der Waals surface area contributed by atoms with Crippen molar-refractivity contribution in [1.29, 1.82) is 10.5 Å². The standard InChI is InChI=1S/C26H30N6O4S2/c1-30(2)15-6-18-32(26-29-23-12-9-21(36-3)19-24(23)37-26)25(33)20-7-10-22(11-8-20)38(34,35)31(16-4-13-27)17-5-14-28/h7-12,19H,4-6,15-18H2,1-3H3. The van der Waals surface area contributed by atoms with Crippen molar-refractivity contribution in [3.63, 3.8) is 0 Å². The zero-order valence-corrected chi connectivity index (χ0v) is 23.3. The first kappa shape index (κ1) is 29.0. The third-order valence-electron chi connectivity index (χ3n) is 5.73. The van der Waals surface area contributed by atoms with Crippen LogP contribution in [0.25, 0.3) is 10.2 Å². The number of nitrogens with zero attached hydrogens (tertiary/aromatic N) is 6. The summed E-state index contributed by atoms with van der Waals surface area (Å²) in [5, 5.41) is 18.3. The smallest absolute Gasteiger partial charge is 0.260 e. The van der Waals surface area contributed by atoms with Gasteiger partial charge in [0.1, 0.15) is 5.75 Å². The Kier molecular flexibility index (Phi) is 10.2. The summed E-state index contributed by atoms with van der Waals surface area (Å²) in [5.41, 5.74) is 1.08. The Balaban J connectivity index is 1.90. The van der Waals surface area contributed by atoms with Gasteiger partial charge in [0.05, 0.1) is 34.4 Å². The number of carbonyl (C=O) groups excluding carboxylic acids is 1. The molecule has 10 nitrogen and oxygen atoms in total. The lowest BCUT2D eigenvalue weighted by Gasteiger charge is -2.22. The third-order valence-corrected chi connectivity index (χ3v) is 8.69. The minimum absolute atomic E-state index is 0.00355. The van der Waals surface area contributed by atoms with E-state index in [0.29, 0.717) is 23.0 Å². The number of thiazole rings is 1. The van der Waals surface area contributed by atoms with Crippen LogP contribution in [0.15, 0.2) is 47.4 Å². The summed E-state index contributed by atoms with van der Waals surface area (Å²) in [6, 6.07) is 15.2. The van der Waals surface area contributed by atoms with E-state index in [1.54, 1.807) is 12.0 Å². The number of rotatable bonds is 13. The fourth-order valence-corrected chi connectivity index (χ4v) is 6.20. The Bertz CT molecular complexity index is 1420. The van der Waals surface area contributed by atoms with E-state index in [2.05, 4.69) is 4.98 Å². The van der Waals surface area contributed by atoms with Crippen LogP contribution in [-0.2, 0) is 10.0 Å². The van der Waals surface area contributed by atoms with Gasteiger partial charge < -0.3 is 9.64 Å². The highest BCUT2D eigenvalue weighted by molar-refractivity contribution is 7.89. The largest absolute Gasteiger partial charge is 0.497 e. The van der Waals surface area contributed by atoms with E-state index in [1.807, 2.05) is 49.3 Å². The van der Waals surface area contributed by atoms with Crippen LogP contribution in [0.4, 0.5) is 5.13 Å². The fourth-order valence-electron chi connectivity index (χ4n) is 3.74. The van der Waals surface area contributed by atoms with Gasteiger partial charge in [0.2, 0.25) is 10.0 Å². The number of hydrogen-bond acceptors (Lipinski definition) is 9. The van der Waals surface area contributed by atoms with Gasteiger partial charge in [0.25, 0.3) is 5.91 Å². The molecule has 0 spiro atoms. The quantitative estimate of drug-likeness (QED) is 0.312. The first-order valence-corrected chi connectivity index (χ1v) is 14.2. The lowest BCUT2D eigenvalue weighted by molar-refractivity contribution is 0.0986. The maximum atomic E-state index is 13.6. The van der Waals surface area contributed by atoms with Crippen LogP contribution in [0, 0.1) is 22.7 Å². The van der Waals surface area contributed by atoms with Gasteiger partial charge in [-0.1, -0.05) is 11.3 Å². The van der Waals surface area contributed by atoms with Crippen molar-refractivity contribution in [2.45, 2.75) is 24.2 Å². The second-order valence-electron chi connectivity index (χ2n) is 8.69. The molecule has 0 fully saturated rings. The zero-order valence-electron chi connectivity index (χ0n) is 21.6. The van der Waals surface area contributed by atoms with Gasteiger partial charge in [0.15, 0.2) is 5.13 Å². The third kappa shape index (κ3) is 7.05. The molecule has 1 heterocycles. The van der Waals surface area contributed by atoms with Crippen LogP contribution in [0.2, 0.25) is 0 Å². The molecule has 3 aromatic rings. The lowest BCUT2D eigenvalue weighted by atomic mass is 10.2. The monoisotopic (exact) mass is 554 g/mol. The first-order valence-electron chi connectivity index (χ1n) is 12.0. The van der Waals surface area contributed by atoms with Gasteiger partial charge in [-0.15, -0.1) is 0 Å². The molecule has 0 radical (unpaired) electrons. The van der Waals surface area contributed by atoms with Crippen molar-refractivity contribution in [3.05, 3.63) is 48.0 Å². The predicted octanol–water partition coefficient (Wildman–Crippen LogP) is 3.72. The highest BCUT2D eigenvalue weighted by Crippen LogP contribution is 2.32. The number of aromatic nitrogens is 1. The molecular weight excluding hydrogens is 524 g/mol. The molecule has 0 N–H and O–H groups in total. The highest BCUT2D eigenvalue weighted by atomic mass is 32.2. The number of carbonyl (C=O) groups is 1. The second kappa shape index (κ2) is 13.3. The summed E-state index contributed by atoms with van der Waals surface area (Å²) in [4.78, 5) is 21.9. The lowest BCUT2D eigenvalue weighted by Crippen LogP contribution is -2.34. The van der Waals surface area contributed by atoms with Gasteiger partial charge in [-0.3, -0.25) is 9.69 Å². The van der Waals surface area contributed by atoms with Crippen molar-refractivity contribution in [2.24, 2.45) is 0 Å². The van der Waals surface area contributed by atoms with E-state index in [-0.39, 0.29) is 36.7 Å². The van der Waals surface area contributed by atoms with Crippen LogP contribution in [0.5, 0.6) is 5.75 Å². The van der Waals surface area contributed by atoms with Crippen molar-refractivity contribution < 1.29 is 17.9 Å². The Hall–Kier alpha value is -3.55. The van der Waals surface area contributed by atoms with E-state index >= 15 is 0 Å². The molecule has 0 bridgehead atoms. The zero-order chi connectivity index (χ0) is 27.7. The SMILES string of the molecule is COc1ccc2nc(N(CCCN(C)C)C(=O)c3ccc(S(=O)(=O)N(CCC#N)CCC#N)cc3)sc2c1. The average molecular weight is 555 g/mol. The molecule has 0 saturated carbocycles. The van der Waals surface area contributed by atoms with Crippen molar-refractivity contribution in [2.75, 3.05) is 52.3 Å². The summed E-state index contributed by atoms with van der Waals surface area (Å²) in [7, 11) is 1.59. The molecule has 0 aliphatic heterocycles. The molecule has 38 heavy (non-hydrogen) atoms. The fraction of sp³-hybridized carbons (Fsp3) is 0.385. The summed E-state index contributed by atoms with van der Waals surface area (Å²) < 4.78 is 33.6. The maximum Gasteiger partial charge on any atom is 0.260 e. The Morgan fingerprint density at radius 3 is 2.24 bits per heavy atom. The number of ether oxygens (including phenoxy) is 1. The molecule has 200 valence electrons. The van der Waals surface area contributed by atoms with Gasteiger partial charge in [0, 0.05) is 38.0 Å². The van der Waals surface area contributed by atoms with Crippen molar-refractivity contribution in [1.82, 2.24) is 14.2 Å². The Labute approximate surface area is 227 Å². The number of benzene rings is 2. The summed E-state index contributed by atoms with van der Waals surface area (Å²) in [6.07, 6.45) is 0.742. The molecule has 0 aliphatic rings. The van der Waals surface area contributed by atoms with E-state index in [0.717, 1.165) is 27.5 Å². The molecule has 12 heteroatoms. The summed E-state index contributed by atoms with van der Waals surface area (Å²) in [6.45, 7) is 1.19. The van der Waals surface area contributed by atoms with E-state index < -0.39 is 10.0 Å². The molecule has 1 aromatic heterocycles.